The van der Waals surface area contributed by atoms with E-state index < -0.39 is 17.9 Å². The molecule has 0 bridgehead atoms. The van der Waals surface area contributed by atoms with Crippen LogP contribution in [0, 0.1) is 5.82 Å². The minimum absolute atomic E-state index is 0.263. The molecule has 5 heteroatoms. The summed E-state index contributed by atoms with van der Waals surface area (Å²) in [6.45, 7) is 5.31. The molecule has 4 nitrogen and oxygen atoms in total. The fourth-order valence-corrected chi connectivity index (χ4v) is 1.86. The molecule has 2 N–H and O–H groups in total. The lowest BCUT2D eigenvalue weighted by molar-refractivity contribution is -0.145. The van der Waals surface area contributed by atoms with Gasteiger partial charge in [-0.2, -0.15) is 0 Å². The zero-order valence-electron chi connectivity index (χ0n) is 12.0. The van der Waals surface area contributed by atoms with Crippen molar-refractivity contribution in [1.82, 2.24) is 5.32 Å². The van der Waals surface area contributed by atoms with Crippen LogP contribution < -0.4 is 10.1 Å². The standard InChI is InChI=1S/C15H22FNO3/c1-3-5-14(15(18)19)20-13-8-11(7-12(16)9-13)10-17-6-4-2/h7-9,14,17H,3-6,10H2,1-2H3,(H,18,19). The number of carbonyl (C=O) groups is 1. The Morgan fingerprint density at radius 2 is 2.10 bits per heavy atom. The largest absolute Gasteiger partial charge is 0.479 e. The van der Waals surface area contributed by atoms with Gasteiger partial charge in [0.2, 0.25) is 0 Å². The number of hydrogen-bond donors (Lipinski definition) is 2. The highest BCUT2D eigenvalue weighted by Gasteiger charge is 2.18. The number of benzene rings is 1. The molecule has 1 rings (SSSR count). The summed E-state index contributed by atoms with van der Waals surface area (Å²) in [5.41, 5.74) is 0.745. The lowest BCUT2D eigenvalue weighted by Gasteiger charge is -2.15. The van der Waals surface area contributed by atoms with Crippen molar-refractivity contribution < 1.29 is 19.0 Å². The van der Waals surface area contributed by atoms with E-state index in [2.05, 4.69) is 12.2 Å². The number of nitrogens with one attached hydrogen (secondary N) is 1. The van der Waals surface area contributed by atoms with Crippen molar-refractivity contribution in [3.8, 4) is 5.75 Å². The minimum atomic E-state index is -1.03. The van der Waals surface area contributed by atoms with E-state index >= 15 is 0 Å². The number of carboxylic acids is 1. The molecule has 0 aromatic heterocycles. The van der Waals surface area contributed by atoms with Gasteiger partial charge in [-0.15, -0.1) is 0 Å². The molecule has 20 heavy (non-hydrogen) atoms. The molecule has 0 aliphatic rings. The predicted molar refractivity (Wildman–Crippen MR) is 75.4 cm³/mol. The summed E-state index contributed by atoms with van der Waals surface area (Å²) >= 11 is 0. The Labute approximate surface area is 119 Å². The molecule has 0 heterocycles. The molecule has 1 atom stereocenters. The van der Waals surface area contributed by atoms with Crippen LogP contribution in [0.3, 0.4) is 0 Å². The van der Waals surface area contributed by atoms with E-state index in [-0.39, 0.29) is 5.75 Å². The quantitative estimate of drug-likeness (QED) is 0.684. The first-order chi connectivity index (χ1) is 9.56. The lowest BCUT2D eigenvalue weighted by atomic mass is 10.2. The summed E-state index contributed by atoms with van der Waals surface area (Å²) in [4.78, 5) is 11.0. The van der Waals surface area contributed by atoms with Crippen LogP contribution in [-0.2, 0) is 11.3 Å². The van der Waals surface area contributed by atoms with Gasteiger partial charge in [0.15, 0.2) is 6.10 Å². The molecule has 0 amide bonds. The van der Waals surface area contributed by atoms with Crippen LogP contribution in [0.2, 0.25) is 0 Å². The summed E-state index contributed by atoms with van der Waals surface area (Å²) in [5.74, 6) is -1.18. The van der Waals surface area contributed by atoms with Crippen LogP contribution in [0.4, 0.5) is 4.39 Å². The van der Waals surface area contributed by atoms with Crippen molar-refractivity contribution in [3.05, 3.63) is 29.6 Å². The molecule has 0 aliphatic heterocycles. The normalized spacial score (nSPS) is 12.2. The number of carboxylic acid groups (broad SMARTS) is 1. The molecular weight excluding hydrogens is 261 g/mol. The summed E-state index contributed by atoms with van der Waals surface area (Å²) in [6, 6.07) is 4.32. The molecule has 112 valence electrons. The SMILES string of the molecule is CCCNCc1cc(F)cc(OC(CCC)C(=O)O)c1. The van der Waals surface area contributed by atoms with Crippen LogP contribution >= 0.6 is 0 Å². The second kappa shape index (κ2) is 8.53. The molecule has 0 radical (unpaired) electrons. The Balaban J connectivity index is 2.75. The molecule has 1 unspecified atom stereocenters. The van der Waals surface area contributed by atoms with E-state index in [0.717, 1.165) is 18.5 Å². The third kappa shape index (κ3) is 5.57. The molecule has 0 fully saturated rings. The van der Waals surface area contributed by atoms with Crippen LogP contribution in [0.1, 0.15) is 38.7 Å². The van der Waals surface area contributed by atoms with Crippen LogP contribution in [-0.4, -0.2) is 23.7 Å². The smallest absolute Gasteiger partial charge is 0.344 e. The molecule has 1 aromatic carbocycles. The highest BCUT2D eigenvalue weighted by Crippen LogP contribution is 2.19. The van der Waals surface area contributed by atoms with Gasteiger partial charge in [-0.25, -0.2) is 9.18 Å². The van der Waals surface area contributed by atoms with E-state index in [1.807, 2.05) is 6.92 Å². The Hall–Kier alpha value is -1.62. The number of ether oxygens (including phenoxy) is 1. The zero-order chi connectivity index (χ0) is 15.0. The van der Waals surface area contributed by atoms with Gasteiger partial charge in [0, 0.05) is 12.6 Å². The van der Waals surface area contributed by atoms with E-state index in [1.165, 1.54) is 12.1 Å². The third-order valence-corrected chi connectivity index (χ3v) is 2.79. The van der Waals surface area contributed by atoms with Gasteiger partial charge in [0.25, 0.3) is 0 Å². The molecule has 0 saturated carbocycles. The maximum absolute atomic E-state index is 13.5. The third-order valence-electron chi connectivity index (χ3n) is 2.79. The first-order valence-electron chi connectivity index (χ1n) is 6.96. The van der Waals surface area contributed by atoms with Crippen molar-refractivity contribution >= 4 is 5.97 Å². The van der Waals surface area contributed by atoms with Gasteiger partial charge in [-0.05, 0) is 37.1 Å². The fraction of sp³-hybridized carbons (Fsp3) is 0.533. The minimum Gasteiger partial charge on any atom is -0.479 e. The molecule has 0 aliphatic carbocycles. The maximum atomic E-state index is 13.5. The van der Waals surface area contributed by atoms with Crippen molar-refractivity contribution in [1.29, 1.82) is 0 Å². The zero-order valence-corrected chi connectivity index (χ0v) is 12.0. The lowest BCUT2D eigenvalue weighted by Crippen LogP contribution is -2.26. The van der Waals surface area contributed by atoms with Gasteiger partial charge in [-0.1, -0.05) is 20.3 Å². The topological polar surface area (TPSA) is 58.6 Å². The summed E-state index contributed by atoms with van der Waals surface area (Å²) in [6.07, 6.45) is 1.15. The van der Waals surface area contributed by atoms with E-state index in [1.54, 1.807) is 6.07 Å². The van der Waals surface area contributed by atoms with E-state index in [9.17, 15) is 9.18 Å². The summed E-state index contributed by atoms with van der Waals surface area (Å²) in [5, 5.41) is 12.2. The second-order valence-electron chi connectivity index (χ2n) is 4.71. The Kier molecular flexibility index (Phi) is 7.01. The highest BCUT2D eigenvalue weighted by atomic mass is 19.1. The van der Waals surface area contributed by atoms with E-state index in [0.29, 0.717) is 19.4 Å². The molecule has 0 saturated heterocycles. The Bertz CT molecular complexity index is 437. The molecular formula is C15H22FNO3. The van der Waals surface area contributed by atoms with Crippen molar-refractivity contribution in [2.45, 2.75) is 45.8 Å². The van der Waals surface area contributed by atoms with Gasteiger partial charge in [-0.3, -0.25) is 0 Å². The van der Waals surface area contributed by atoms with Crippen molar-refractivity contribution in [2.24, 2.45) is 0 Å². The second-order valence-corrected chi connectivity index (χ2v) is 4.71. The fourth-order valence-electron chi connectivity index (χ4n) is 1.86. The number of rotatable bonds is 9. The number of aliphatic carboxylic acids is 1. The number of halogens is 1. The average Bonchev–Trinajstić information content (AvgIpc) is 2.38. The van der Waals surface area contributed by atoms with Gasteiger partial charge in [0.05, 0.1) is 0 Å². The summed E-state index contributed by atoms with van der Waals surface area (Å²) < 4.78 is 18.9. The monoisotopic (exact) mass is 283 g/mol. The first-order valence-corrected chi connectivity index (χ1v) is 6.96. The maximum Gasteiger partial charge on any atom is 0.344 e. The Morgan fingerprint density at radius 3 is 2.70 bits per heavy atom. The molecule has 0 spiro atoms. The van der Waals surface area contributed by atoms with Crippen LogP contribution in [0.15, 0.2) is 18.2 Å². The summed E-state index contributed by atoms with van der Waals surface area (Å²) in [7, 11) is 0. The van der Waals surface area contributed by atoms with Crippen molar-refractivity contribution in [3.63, 3.8) is 0 Å². The van der Waals surface area contributed by atoms with Crippen LogP contribution in [0.5, 0.6) is 5.75 Å². The van der Waals surface area contributed by atoms with Gasteiger partial charge >= 0.3 is 5.97 Å². The van der Waals surface area contributed by atoms with E-state index in [4.69, 9.17) is 9.84 Å². The predicted octanol–water partition coefficient (Wildman–Crippen LogP) is 2.96. The van der Waals surface area contributed by atoms with Crippen LogP contribution in [0.25, 0.3) is 0 Å². The number of hydrogen-bond acceptors (Lipinski definition) is 3. The van der Waals surface area contributed by atoms with Gasteiger partial charge < -0.3 is 15.2 Å². The first kappa shape index (κ1) is 16.4. The average molecular weight is 283 g/mol. The highest BCUT2D eigenvalue weighted by molar-refractivity contribution is 5.72. The van der Waals surface area contributed by atoms with Gasteiger partial charge in [0.1, 0.15) is 11.6 Å². The Morgan fingerprint density at radius 1 is 1.35 bits per heavy atom. The molecule has 1 aromatic rings. The van der Waals surface area contributed by atoms with Crippen molar-refractivity contribution in [2.75, 3.05) is 6.54 Å².